The van der Waals surface area contributed by atoms with E-state index < -0.39 is 17.6 Å². The molecular formula is C11H12F2O3. The number of esters is 1. The maximum Gasteiger partial charge on any atom is 0.338 e. The normalized spacial score (nSPS) is 10.2. The van der Waals surface area contributed by atoms with E-state index in [1.54, 1.807) is 0 Å². The Labute approximate surface area is 91.7 Å². The lowest BCUT2D eigenvalue weighted by atomic mass is 10.1. The van der Waals surface area contributed by atoms with Crippen molar-refractivity contribution in [2.24, 2.45) is 0 Å². The van der Waals surface area contributed by atoms with Gasteiger partial charge in [0.2, 0.25) is 0 Å². The van der Waals surface area contributed by atoms with E-state index in [-0.39, 0.29) is 30.6 Å². The number of rotatable bonds is 4. The molecule has 5 heteroatoms. The molecule has 0 heterocycles. The third-order valence-corrected chi connectivity index (χ3v) is 2.15. The Morgan fingerprint density at radius 1 is 1.38 bits per heavy atom. The SMILES string of the molecule is COC(=O)c1cc(F)c(CCCO)c(F)c1. The Hall–Kier alpha value is -1.49. The lowest BCUT2D eigenvalue weighted by Crippen LogP contribution is -2.06. The molecule has 0 fully saturated rings. The minimum absolute atomic E-state index is 0.0929. The van der Waals surface area contributed by atoms with Gasteiger partial charge in [-0.3, -0.25) is 0 Å². The van der Waals surface area contributed by atoms with Gasteiger partial charge in [0.15, 0.2) is 0 Å². The van der Waals surface area contributed by atoms with Crippen molar-refractivity contribution in [3.63, 3.8) is 0 Å². The highest BCUT2D eigenvalue weighted by Gasteiger charge is 2.14. The fraction of sp³-hybridized carbons (Fsp3) is 0.364. The van der Waals surface area contributed by atoms with Gasteiger partial charge in [0.1, 0.15) is 11.6 Å². The van der Waals surface area contributed by atoms with E-state index in [0.29, 0.717) is 0 Å². The summed E-state index contributed by atoms with van der Waals surface area (Å²) in [4.78, 5) is 11.0. The summed E-state index contributed by atoms with van der Waals surface area (Å²) < 4.78 is 31.2. The van der Waals surface area contributed by atoms with Crippen LogP contribution in [-0.2, 0) is 11.2 Å². The van der Waals surface area contributed by atoms with Crippen LogP contribution in [0.5, 0.6) is 0 Å². The molecule has 0 unspecified atom stereocenters. The zero-order valence-corrected chi connectivity index (χ0v) is 8.80. The minimum atomic E-state index is -0.797. The third-order valence-electron chi connectivity index (χ3n) is 2.15. The highest BCUT2D eigenvalue weighted by atomic mass is 19.1. The second-order valence-electron chi connectivity index (χ2n) is 3.24. The molecule has 0 bridgehead atoms. The van der Waals surface area contributed by atoms with Crippen LogP contribution in [0.3, 0.4) is 0 Å². The quantitative estimate of drug-likeness (QED) is 0.800. The van der Waals surface area contributed by atoms with Gasteiger partial charge in [0, 0.05) is 12.2 Å². The average Bonchev–Trinajstić information content (AvgIpc) is 2.26. The molecule has 88 valence electrons. The third kappa shape index (κ3) is 2.76. The first-order chi connectivity index (χ1) is 7.60. The molecular weight excluding hydrogens is 218 g/mol. The number of hydrogen-bond donors (Lipinski definition) is 1. The predicted octanol–water partition coefficient (Wildman–Crippen LogP) is 1.68. The van der Waals surface area contributed by atoms with Crippen molar-refractivity contribution >= 4 is 5.97 Å². The van der Waals surface area contributed by atoms with Gasteiger partial charge in [0.05, 0.1) is 12.7 Å². The molecule has 0 radical (unpaired) electrons. The van der Waals surface area contributed by atoms with Crippen LogP contribution in [0.15, 0.2) is 12.1 Å². The number of aliphatic hydroxyl groups is 1. The first-order valence-corrected chi connectivity index (χ1v) is 4.77. The Morgan fingerprint density at radius 2 is 1.94 bits per heavy atom. The number of carbonyl (C=O) groups is 1. The molecule has 1 aromatic carbocycles. The Balaban J connectivity index is 3.02. The molecule has 1 N–H and O–H groups in total. The van der Waals surface area contributed by atoms with E-state index in [1.807, 2.05) is 0 Å². The molecule has 0 aromatic heterocycles. The van der Waals surface area contributed by atoms with Crippen molar-refractivity contribution in [2.75, 3.05) is 13.7 Å². The largest absolute Gasteiger partial charge is 0.465 e. The molecule has 3 nitrogen and oxygen atoms in total. The van der Waals surface area contributed by atoms with E-state index in [2.05, 4.69) is 4.74 Å². The molecule has 16 heavy (non-hydrogen) atoms. The van der Waals surface area contributed by atoms with Gasteiger partial charge in [-0.15, -0.1) is 0 Å². The van der Waals surface area contributed by atoms with Gasteiger partial charge in [0.25, 0.3) is 0 Å². The van der Waals surface area contributed by atoms with Crippen LogP contribution in [0.25, 0.3) is 0 Å². The lowest BCUT2D eigenvalue weighted by Gasteiger charge is -2.06. The summed E-state index contributed by atoms with van der Waals surface area (Å²) >= 11 is 0. The summed E-state index contributed by atoms with van der Waals surface area (Å²) in [5.41, 5.74) is -0.285. The molecule has 1 rings (SSSR count). The van der Waals surface area contributed by atoms with E-state index in [0.717, 1.165) is 19.2 Å². The first-order valence-electron chi connectivity index (χ1n) is 4.77. The number of aliphatic hydroxyl groups excluding tert-OH is 1. The standard InChI is InChI=1S/C11H12F2O3/c1-16-11(15)7-5-9(12)8(3-2-4-14)10(13)6-7/h5-6,14H,2-4H2,1H3. The monoisotopic (exact) mass is 230 g/mol. The van der Waals surface area contributed by atoms with Crippen molar-refractivity contribution in [3.8, 4) is 0 Å². The van der Waals surface area contributed by atoms with Crippen molar-refractivity contribution in [2.45, 2.75) is 12.8 Å². The second-order valence-corrected chi connectivity index (χ2v) is 3.24. The average molecular weight is 230 g/mol. The van der Waals surface area contributed by atoms with E-state index >= 15 is 0 Å². The van der Waals surface area contributed by atoms with Crippen LogP contribution >= 0.6 is 0 Å². The predicted molar refractivity (Wildman–Crippen MR) is 53.1 cm³/mol. The Bertz CT molecular complexity index is 368. The fourth-order valence-corrected chi connectivity index (χ4v) is 1.33. The number of hydrogen-bond acceptors (Lipinski definition) is 3. The maximum atomic E-state index is 13.4. The molecule has 0 amide bonds. The zero-order valence-electron chi connectivity index (χ0n) is 8.80. The summed E-state index contributed by atoms with van der Waals surface area (Å²) in [5, 5.41) is 8.57. The smallest absolute Gasteiger partial charge is 0.338 e. The van der Waals surface area contributed by atoms with Crippen LogP contribution in [0.4, 0.5) is 8.78 Å². The molecule has 0 atom stereocenters. The van der Waals surface area contributed by atoms with Crippen molar-refractivity contribution in [1.82, 2.24) is 0 Å². The highest BCUT2D eigenvalue weighted by molar-refractivity contribution is 5.89. The maximum absolute atomic E-state index is 13.4. The van der Waals surface area contributed by atoms with E-state index in [1.165, 1.54) is 0 Å². The van der Waals surface area contributed by atoms with E-state index in [9.17, 15) is 13.6 Å². The summed E-state index contributed by atoms with van der Waals surface area (Å²) in [6, 6.07) is 1.86. The molecule has 0 spiro atoms. The lowest BCUT2D eigenvalue weighted by molar-refractivity contribution is 0.0599. The molecule has 0 saturated heterocycles. The van der Waals surface area contributed by atoms with Gasteiger partial charge < -0.3 is 9.84 Å². The minimum Gasteiger partial charge on any atom is -0.465 e. The molecule has 0 saturated carbocycles. The Kier molecular flexibility index (Phi) is 4.37. The van der Waals surface area contributed by atoms with Crippen LogP contribution in [-0.4, -0.2) is 24.8 Å². The van der Waals surface area contributed by atoms with E-state index in [4.69, 9.17) is 5.11 Å². The number of halogens is 2. The van der Waals surface area contributed by atoms with Crippen molar-refractivity contribution in [3.05, 3.63) is 34.9 Å². The van der Waals surface area contributed by atoms with Crippen molar-refractivity contribution < 1.29 is 23.4 Å². The van der Waals surface area contributed by atoms with Crippen LogP contribution in [0.1, 0.15) is 22.3 Å². The number of methoxy groups -OCH3 is 1. The molecule has 0 aliphatic rings. The summed E-state index contributed by atoms with van der Waals surface area (Å²) in [7, 11) is 1.14. The zero-order chi connectivity index (χ0) is 12.1. The summed E-state index contributed by atoms with van der Waals surface area (Å²) in [6.07, 6.45) is 0.362. The Morgan fingerprint density at radius 3 is 2.38 bits per heavy atom. The number of benzene rings is 1. The summed E-state index contributed by atoms with van der Waals surface area (Å²) in [5.74, 6) is -2.38. The second kappa shape index (κ2) is 5.55. The van der Waals surface area contributed by atoms with Crippen molar-refractivity contribution in [1.29, 1.82) is 0 Å². The van der Waals surface area contributed by atoms with Gasteiger partial charge in [-0.25, -0.2) is 13.6 Å². The molecule has 0 aliphatic heterocycles. The van der Waals surface area contributed by atoms with Crippen LogP contribution in [0, 0.1) is 11.6 Å². The first kappa shape index (κ1) is 12.6. The highest BCUT2D eigenvalue weighted by Crippen LogP contribution is 2.17. The molecule has 1 aromatic rings. The van der Waals surface area contributed by atoms with Gasteiger partial charge in [-0.2, -0.15) is 0 Å². The topological polar surface area (TPSA) is 46.5 Å². The summed E-state index contributed by atoms with van der Waals surface area (Å²) in [6.45, 7) is -0.141. The van der Waals surface area contributed by atoms with Gasteiger partial charge in [-0.1, -0.05) is 0 Å². The van der Waals surface area contributed by atoms with Gasteiger partial charge in [-0.05, 0) is 25.0 Å². The fourth-order valence-electron chi connectivity index (χ4n) is 1.33. The number of carbonyl (C=O) groups excluding carboxylic acids is 1. The van der Waals surface area contributed by atoms with Crippen LogP contribution in [0.2, 0.25) is 0 Å². The van der Waals surface area contributed by atoms with Gasteiger partial charge >= 0.3 is 5.97 Å². The number of ether oxygens (including phenoxy) is 1. The van der Waals surface area contributed by atoms with Crippen LogP contribution < -0.4 is 0 Å². The molecule has 0 aliphatic carbocycles.